The average molecular weight is 357 g/mol. The molecule has 1 aliphatic carbocycles. The van der Waals surface area contributed by atoms with Gasteiger partial charge in [0.15, 0.2) is 0 Å². The molecular formula is C17H22Cl2N2O2. The molecule has 0 aromatic heterocycles. The van der Waals surface area contributed by atoms with Crippen molar-refractivity contribution >= 4 is 40.7 Å². The Morgan fingerprint density at radius 3 is 2.57 bits per heavy atom. The zero-order valence-electron chi connectivity index (χ0n) is 13.3. The highest BCUT2D eigenvalue weighted by Crippen LogP contribution is 2.29. The number of hydrogen-bond donors (Lipinski definition) is 1. The van der Waals surface area contributed by atoms with Gasteiger partial charge in [-0.2, -0.15) is 0 Å². The van der Waals surface area contributed by atoms with Gasteiger partial charge < -0.3 is 10.2 Å². The summed E-state index contributed by atoms with van der Waals surface area (Å²) in [7, 11) is 0. The molecule has 2 amide bonds. The number of nitrogens with one attached hydrogen (secondary N) is 1. The van der Waals surface area contributed by atoms with Crippen molar-refractivity contribution in [1.29, 1.82) is 0 Å². The zero-order valence-corrected chi connectivity index (χ0v) is 14.8. The lowest BCUT2D eigenvalue weighted by atomic mass is 9.94. The number of benzene rings is 1. The van der Waals surface area contributed by atoms with E-state index in [4.69, 9.17) is 23.2 Å². The van der Waals surface area contributed by atoms with Crippen LogP contribution in [0.3, 0.4) is 0 Å². The molecule has 1 aromatic carbocycles. The number of nitrogens with zero attached hydrogens (tertiary/aromatic N) is 1. The second-order valence-electron chi connectivity index (χ2n) is 5.90. The molecule has 1 N–H and O–H groups in total. The average Bonchev–Trinajstić information content (AvgIpc) is 2.53. The van der Waals surface area contributed by atoms with Crippen molar-refractivity contribution in [3.05, 3.63) is 28.2 Å². The molecule has 2 rings (SSSR count). The van der Waals surface area contributed by atoms with Crippen LogP contribution in [0, 0.1) is 0 Å². The molecule has 0 atom stereocenters. The van der Waals surface area contributed by atoms with Crippen molar-refractivity contribution in [2.24, 2.45) is 0 Å². The molecule has 1 saturated carbocycles. The summed E-state index contributed by atoms with van der Waals surface area (Å²) in [6, 6.07) is 5.37. The second kappa shape index (κ2) is 8.55. The quantitative estimate of drug-likeness (QED) is 0.843. The first-order chi connectivity index (χ1) is 11.0. The summed E-state index contributed by atoms with van der Waals surface area (Å²) in [6.45, 7) is 2.00. The Kier molecular flexibility index (Phi) is 6.72. The second-order valence-corrected chi connectivity index (χ2v) is 6.69. The smallest absolute Gasteiger partial charge is 0.226 e. The van der Waals surface area contributed by atoms with Crippen LogP contribution in [-0.2, 0) is 9.59 Å². The van der Waals surface area contributed by atoms with Gasteiger partial charge in [-0.25, -0.2) is 0 Å². The van der Waals surface area contributed by atoms with Crippen LogP contribution in [0.25, 0.3) is 0 Å². The molecule has 0 heterocycles. The van der Waals surface area contributed by atoms with Gasteiger partial charge >= 0.3 is 0 Å². The number of halogens is 2. The predicted molar refractivity (Wildman–Crippen MR) is 94.0 cm³/mol. The normalized spacial score (nSPS) is 15.3. The first-order valence-corrected chi connectivity index (χ1v) is 8.75. The Labute approximate surface area is 147 Å². The predicted octanol–water partition coefficient (Wildman–Crippen LogP) is 4.50. The van der Waals surface area contributed by atoms with Crippen LogP contribution < -0.4 is 5.32 Å². The van der Waals surface area contributed by atoms with E-state index >= 15 is 0 Å². The van der Waals surface area contributed by atoms with Gasteiger partial charge in [0.2, 0.25) is 11.8 Å². The van der Waals surface area contributed by atoms with Crippen LogP contribution in [0.5, 0.6) is 0 Å². The lowest BCUT2D eigenvalue weighted by molar-refractivity contribution is -0.132. The molecule has 0 spiro atoms. The molecule has 1 fully saturated rings. The maximum absolute atomic E-state index is 12.1. The highest BCUT2D eigenvalue weighted by Gasteiger charge is 2.23. The van der Waals surface area contributed by atoms with E-state index in [1.165, 1.54) is 6.42 Å². The molecule has 1 aromatic rings. The molecule has 0 radical (unpaired) electrons. The Morgan fingerprint density at radius 1 is 1.22 bits per heavy atom. The van der Waals surface area contributed by atoms with E-state index in [0.717, 1.165) is 25.7 Å². The topological polar surface area (TPSA) is 49.4 Å². The Morgan fingerprint density at radius 2 is 1.91 bits per heavy atom. The summed E-state index contributed by atoms with van der Waals surface area (Å²) >= 11 is 12.0. The van der Waals surface area contributed by atoms with Crippen LogP contribution in [0.15, 0.2) is 18.2 Å². The van der Waals surface area contributed by atoms with Crippen LogP contribution in [-0.4, -0.2) is 29.3 Å². The Balaban J connectivity index is 1.91. The molecule has 23 heavy (non-hydrogen) atoms. The monoisotopic (exact) mass is 356 g/mol. The third kappa shape index (κ3) is 5.11. The fraction of sp³-hybridized carbons (Fsp3) is 0.529. The van der Waals surface area contributed by atoms with E-state index in [1.807, 2.05) is 4.90 Å². The highest BCUT2D eigenvalue weighted by molar-refractivity contribution is 6.43. The maximum atomic E-state index is 12.1. The summed E-state index contributed by atoms with van der Waals surface area (Å²) in [5, 5.41) is 3.49. The molecule has 0 bridgehead atoms. The summed E-state index contributed by atoms with van der Waals surface area (Å²) in [5.41, 5.74) is 0.496. The fourth-order valence-electron chi connectivity index (χ4n) is 3.02. The van der Waals surface area contributed by atoms with E-state index in [9.17, 15) is 9.59 Å². The lowest BCUT2D eigenvalue weighted by Crippen LogP contribution is -2.41. The number of anilines is 1. The van der Waals surface area contributed by atoms with Crippen LogP contribution in [0.2, 0.25) is 10.0 Å². The van der Waals surface area contributed by atoms with Gasteiger partial charge in [-0.05, 0) is 25.0 Å². The molecule has 0 saturated heterocycles. The standard InChI is InChI=1S/C17H22Cl2N2O2/c1-12(22)21(13-6-3-2-4-7-13)11-10-16(23)20-15-9-5-8-14(18)17(15)19/h5,8-9,13H,2-4,6-7,10-11H2,1H3,(H,20,23). The van der Waals surface area contributed by atoms with Gasteiger partial charge in [-0.1, -0.05) is 48.5 Å². The van der Waals surface area contributed by atoms with Crippen molar-refractivity contribution in [2.75, 3.05) is 11.9 Å². The van der Waals surface area contributed by atoms with E-state index in [-0.39, 0.29) is 24.3 Å². The molecule has 6 heteroatoms. The van der Waals surface area contributed by atoms with Gasteiger partial charge in [-0.3, -0.25) is 9.59 Å². The summed E-state index contributed by atoms with van der Waals surface area (Å²) in [4.78, 5) is 25.8. The van der Waals surface area contributed by atoms with E-state index < -0.39 is 0 Å². The number of hydrogen-bond acceptors (Lipinski definition) is 2. The first-order valence-electron chi connectivity index (χ1n) is 8.00. The largest absolute Gasteiger partial charge is 0.339 e. The third-order valence-electron chi connectivity index (χ3n) is 4.23. The van der Waals surface area contributed by atoms with E-state index in [0.29, 0.717) is 22.3 Å². The summed E-state index contributed by atoms with van der Waals surface area (Å²) in [5.74, 6) is -0.137. The van der Waals surface area contributed by atoms with Crippen LogP contribution in [0.1, 0.15) is 45.4 Å². The molecule has 0 aliphatic heterocycles. The van der Waals surface area contributed by atoms with E-state index in [2.05, 4.69) is 5.32 Å². The first kappa shape index (κ1) is 18.1. The van der Waals surface area contributed by atoms with Gasteiger partial charge in [0, 0.05) is 25.9 Å². The Bertz CT molecular complexity index is 572. The number of rotatable bonds is 5. The van der Waals surface area contributed by atoms with Crippen molar-refractivity contribution in [2.45, 2.75) is 51.5 Å². The Hall–Kier alpha value is -1.26. The SMILES string of the molecule is CC(=O)N(CCC(=O)Nc1cccc(Cl)c1Cl)C1CCCCC1. The minimum atomic E-state index is -0.170. The minimum absolute atomic E-state index is 0.0329. The molecule has 4 nitrogen and oxygen atoms in total. The maximum Gasteiger partial charge on any atom is 0.226 e. The van der Waals surface area contributed by atoms with Crippen LogP contribution in [0.4, 0.5) is 5.69 Å². The zero-order chi connectivity index (χ0) is 16.8. The molecule has 126 valence electrons. The van der Waals surface area contributed by atoms with Crippen molar-refractivity contribution in [1.82, 2.24) is 4.90 Å². The molecular weight excluding hydrogens is 335 g/mol. The van der Waals surface area contributed by atoms with Gasteiger partial charge in [0.05, 0.1) is 15.7 Å². The van der Waals surface area contributed by atoms with E-state index in [1.54, 1.807) is 25.1 Å². The van der Waals surface area contributed by atoms with Crippen molar-refractivity contribution in [3.8, 4) is 0 Å². The van der Waals surface area contributed by atoms with Crippen molar-refractivity contribution in [3.63, 3.8) is 0 Å². The minimum Gasteiger partial charge on any atom is -0.339 e. The highest BCUT2D eigenvalue weighted by atomic mass is 35.5. The van der Waals surface area contributed by atoms with Gasteiger partial charge in [-0.15, -0.1) is 0 Å². The van der Waals surface area contributed by atoms with Gasteiger partial charge in [0.1, 0.15) is 0 Å². The third-order valence-corrected chi connectivity index (χ3v) is 5.04. The lowest BCUT2D eigenvalue weighted by Gasteiger charge is -2.33. The van der Waals surface area contributed by atoms with Crippen molar-refractivity contribution < 1.29 is 9.59 Å². The fourth-order valence-corrected chi connectivity index (χ4v) is 3.37. The summed E-state index contributed by atoms with van der Waals surface area (Å²) < 4.78 is 0. The number of carbonyl (C=O) groups excluding carboxylic acids is 2. The number of carbonyl (C=O) groups is 2. The van der Waals surface area contributed by atoms with Gasteiger partial charge in [0.25, 0.3) is 0 Å². The number of amides is 2. The molecule has 1 aliphatic rings. The molecule has 0 unspecified atom stereocenters. The van der Waals surface area contributed by atoms with Crippen LogP contribution >= 0.6 is 23.2 Å². The summed E-state index contributed by atoms with van der Waals surface area (Å²) in [6.07, 6.45) is 5.84.